The van der Waals surface area contributed by atoms with Gasteiger partial charge in [0.1, 0.15) is 17.5 Å². The molecule has 5 nitrogen and oxygen atoms in total. The molecule has 2 heterocycles. The number of hydrogen-bond donors (Lipinski definition) is 0. The summed E-state index contributed by atoms with van der Waals surface area (Å²) in [7, 11) is 1.65. The van der Waals surface area contributed by atoms with E-state index in [-0.39, 0.29) is 6.10 Å². The highest BCUT2D eigenvalue weighted by atomic mass is 79.9. The summed E-state index contributed by atoms with van der Waals surface area (Å²) in [5.74, 6) is 1.36. The SMILES string of the molecule is CCCCC[C@@H](C)Oc1ncnc2oc(Br)c(-c3ccc(OC)cc3)c12. The van der Waals surface area contributed by atoms with E-state index in [2.05, 4.69) is 39.7 Å². The minimum absolute atomic E-state index is 0.0806. The van der Waals surface area contributed by atoms with Crippen LogP contribution < -0.4 is 9.47 Å². The van der Waals surface area contributed by atoms with Crippen molar-refractivity contribution in [2.24, 2.45) is 0 Å². The number of halogens is 1. The molecule has 0 N–H and O–H groups in total. The average Bonchev–Trinajstić information content (AvgIpc) is 2.99. The summed E-state index contributed by atoms with van der Waals surface area (Å²) in [5, 5.41) is 0.784. The molecule has 26 heavy (non-hydrogen) atoms. The van der Waals surface area contributed by atoms with Gasteiger partial charge < -0.3 is 13.9 Å². The maximum Gasteiger partial charge on any atom is 0.235 e. The van der Waals surface area contributed by atoms with E-state index in [1.165, 1.54) is 19.2 Å². The number of furan rings is 1. The van der Waals surface area contributed by atoms with Crippen LogP contribution in [0.3, 0.4) is 0 Å². The van der Waals surface area contributed by atoms with Crippen LogP contribution in [0.15, 0.2) is 39.7 Å². The van der Waals surface area contributed by atoms with E-state index < -0.39 is 0 Å². The summed E-state index contributed by atoms with van der Waals surface area (Å²) in [5.41, 5.74) is 2.38. The second-order valence-corrected chi connectivity index (χ2v) is 6.98. The Kier molecular flexibility index (Phi) is 6.14. The van der Waals surface area contributed by atoms with E-state index in [1.807, 2.05) is 24.3 Å². The second kappa shape index (κ2) is 8.54. The van der Waals surface area contributed by atoms with Crippen molar-refractivity contribution in [2.75, 3.05) is 7.11 Å². The summed E-state index contributed by atoms with van der Waals surface area (Å²) >= 11 is 3.51. The first kappa shape index (κ1) is 18.7. The molecule has 0 spiro atoms. The quantitative estimate of drug-likeness (QED) is 0.419. The van der Waals surface area contributed by atoms with Gasteiger partial charge in [-0.15, -0.1) is 0 Å². The van der Waals surface area contributed by atoms with Gasteiger partial charge in [-0.25, -0.2) is 9.97 Å². The highest BCUT2D eigenvalue weighted by molar-refractivity contribution is 9.10. The van der Waals surface area contributed by atoms with Crippen molar-refractivity contribution in [3.05, 3.63) is 35.3 Å². The van der Waals surface area contributed by atoms with Crippen molar-refractivity contribution in [1.29, 1.82) is 0 Å². The Morgan fingerprint density at radius 2 is 1.92 bits per heavy atom. The Balaban J connectivity index is 1.97. The molecular weight excluding hydrogens is 396 g/mol. The van der Waals surface area contributed by atoms with E-state index >= 15 is 0 Å². The Hall–Kier alpha value is -2.08. The first-order valence-electron chi connectivity index (χ1n) is 8.88. The van der Waals surface area contributed by atoms with Gasteiger partial charge in [0.25, 0.3) is 0 Å². The lowest BCUT2D eigenvalue weighted by Gasteiger charge is -2.14. The van der Waals surface area contributed by atoms with E-state index in [0.29, 0.717) is 16.3 Å². The normalized spacial score (nSPS) is 12.3. The van der Waals surface area contributed by atoms with Crippen molar-refractivity contribution >= 4 is 27.0 Å². The molecule has 6 heteroatoms. The molecule has 0 aliphatic rings. The minimum atomic E-state index is 0.0806. The summed E-state index contributed by atoms with van der Waals surface area (Å²) in [4.78, 5) is 8.62. The number of benzene rings is 1. The van der Waals surface area contributed by atoms with Crippen LogP contribution in [0, 0.1) is 0 Å². The average molecular weight is 419 g/mol. The fourth-order valence-electron chi connectivity index (χ4n) is 2.92. The number of aromatic nitrogens is 2. The number of methoxy groups -OCH3 is 1. The van der Waals surface area contributed by atoms with Gasteiger partial charge in [-0.3, -0.25) is 0 Å². The maximum atomic E-state index is 6.14. The van der Waals surface area contributed by atoms with Crippen molar-refractivity contribution in [3.63, 3.8) is 0 Å². The number of unbranched alkanes of at least 4 members (excludes halogenated alkanes) is 2. The molecule has 3 rings (SSSR count). The molecule has 1 aromatic carbocycles. The van der Waals surface area contributed by atoms with Gasteiger partial charge in [0.15, 0.2) is 4.67 Å². The van der Waals surface area contributed by atoms with Crippen LogP contribution >= 0.6 is 15.9 Å². The molecule has 0 bridgehead atoms. The number of fused-ring (bicyclic) bond motifs is 1. The van der Waals surface area contributed by atoms with Crippen molar-refractivity contribution in [3.8, 4) is 22.8 Å². The summed E-state index contributed by atoms with van der Waals surface area (Å²) in [6.07, 6.45) is 6.10. The van der Waals surface area contributed by atoms with Gasteiger partial charge in [-0.1, -0.05) is 31.9 Å². The third kappa shape index (κ3) is 4.01. The number of ether oxygens (including phenoxy) is 2. The van der Waals surface area contributed by atoms with Gasteiger partial charge in [-0.2, -0.15) is 0 Å². The Morgan fingerprint density at radius 3 is 2.62 bits per heavy atom. The fourth-order valence-corrected chi connectivity index (χ4v) is 3.50. The van der Waals surface area contributed by atoms with E-state index in [1.54, 1.807) is 7.11 Å². The highest BCUT2D eigenvalue weighted by Crippen LogP contribution is 2.41. The van der Waals surface area contributed by atoms with Crippen LogP contribution in [0.2, 0.25) is 0 Å². The van der Waals surface area contributed by atoms with Crippen LogP contribution in [0.25, 0.3) is 22.2 Å². The molecule has 2 aromatic heterocycles. The lowest BCUT2D eigenvalue weighted by molar-refractivity contribution is 0.201. The molecule has 0 aliphatic heterocycles. The zero-order valence-electron chi connectivity index (χ0n) is 15.3. The second-order valence-electron chi connectivity index (χ2n) is 6.26. The molecule has 0 saturated heterocycles. The van der Waals surface area contributed by atoms with Crippen LogP contribution in [0.4, 0.5) is 0 Å². The molecule has 1 atom stereocenters. The third-order valence-electron chi connectivity index (χ3n) is 4.32. The number of hydrogen-bond acceptors (Lipinski definition) is 5. The predicted octanol–water partition coefficient (Wildman–Crippen LogP) is 6.01. The van der Waals surface area contributed by atoms with Gasteiger partial charge in [-0.05, 0) is 53.4 Å². The monoisotopic (exact) mass is 418 g/mol. The summed E-state index contributed by atoms with van der Waals surface area (Å²) < 4.78 is 17.8. The standard InChI is InChI=1S/C20H23BrN2O3/c1-4-5-6-7-13(2)25-19-17-16(14-8-10-15(24-3)11-9-14)18(21)26-20(17)23-12-22-19/h8-13H,4-7H2,1-3H3/t13-/m1/s1. The molecule has 138 valence electrons. The number of nitrogens with zero attached hydrogens (tertiary/aromatic N) is 2. The smallest absolute Gasteiger partial charge is 0.235 e. The zero-order valence-corrected chi connectivity index (χ0v) is 16.9. The first-order valence-corrected chi connectivity index (χ1v) is 9.67. The topological polar surface area (TPSA) is 57.4 Å². The Labute approximate surface area is 161 Å². The Morgan fingerprint density at radius 1 is 1.15 bits per heavy atom. The first-order chi connectivity index (χ1) is 12.6. The molecule has 0 unspecified atom stereocenters. The van der Waals surface area contributed by atoms with Crippen LogP contribution in [0.5, 0.6) is 11.6 Å². The van der Waals surface area contributed by atoms with E-state index in [4.69, 9.17) is 13.9 Å². The Bertz CT molecular complexity index is 861. The molecule has 0 saturated carbocycles. The molecule has 0 radical (unpaired) electrons. The van der Waals surface area contributed by atoms with Crippen LogP contribution in [0.1, 0.15) is 39.5 Å². The van der Waals surface area contributed by atoms with Crippen LogP contribution in [-0.2, 0) is 0 Å². The van der Waals surface area contributed by atoms with Gasteiger partial charge in [0, 0.05) is 5.56 Å². The lowest BCUT2D eigenvalue weighted by Crippen LogP contribution is -2.12. The largest absolute Gasteiger partial charge is 0.497 e. The summed E-state index contributed by atoms with van der Waals surface area (Å²) in [6, 6.07) is 7.79. The van der Waals surface area contributed by atoms with Crippen LogP contribution in [-0.4, -0.2) is 23.2 Å². The van der Waals surface area contributed by atoms with Gasteiger partial charge >= 0.3 is 0 Å². The molecule has 0 fully saturated rings. The van der Waals surface area contributed by atoms with Crippen molar-refractivity contribution in [1.82, 2.24) is 9.97 Å². The molecule has 3 aromatic rings. The molecule has 0 amide bonds. The van der Waals surface area contributed by atoms with E-state index in [0.717, 1.165) is 35.1 Å². The number of rotatable bonds is 8. The zero-order chi connectivity index (χ0) is 18.5. The van der Waals surface area contributed by atoms with Crippen molar-refractivity contribution < 1.29 is 13.9 Å². The van der Waals surface area contributed by atoms with Crippen molar-refractivity contribution in [2.45, 2.75) is 45.6 Å². The fraction of sp³-hybridized carbons (Fsp3) is 0.400. The minimum Gasteiger partial charge on any atom is -0.497 e. The highest BCUT2D eigenvalue weighted by Gasteiger charge is 2.21. The third-order valence-corrected chi connectivity index (χ3v) is 4.87. The van der Waals surface area contributed by atoms with Gasteiger partial charge in [0.2, 0.25) is 11.6 Å². The lowest BCUT2D eigenvalue weighted by atomic mass is 10.1. The molecule has 0 aliphatic carbocycles. The van der Waals surface area contributed by atoms with E-state index in [9.17, 15) is 0 Å². The maximum absolute atomic E-state index is 6.14. The predicted molar refractivity (Wildman–Crippen MR) is 106 cm³/mol. The summed E-state index contributed by atoms with van der Waals surface area (Å²) in [6.45, 7) is 4.27. The van der Waals surface area contributed by atoms with Gasteiger partial charge in [0.05, 0.1) is 13.2 Å². The molecular formula is C20H23BrN2O3.